The summed E-state index contributed by atoms with van der Waals surface area (Å²) in [6, 6.07) is 5.26. The van der Waals surface area contributed by atoms with Crippen LogP contribution in [-0.2, 0) is 11.3 Å². The summed E-state index contributed by atoms with van der Waals surface area (Å²) in [7, 11) is 1.82. The molecule has 1 aromatic heterocycles. The average molecular weight is 391 g/mol. The molecule has 1 fully saturated rings. The zero-order chi connectivity index (χ0) is 20.4. The van der Waals surface area contributed by atoms with E-state index in [1.807, 2.05) is 19.3 Å². The summed E-state index contributed by atoms with van der Waals surface area (Å²) in [5, 5.41) is 6.86. The predicted octanol–water partition coefficient (Wildman–Crippen LogP) is 2.09. The van der Waals surface area contributed by atoms with Crippen molar-refractivity contribution >= 4 is 11.8 Å². The molecule has 7 heteroatoms. The average Bonchev–Trinajstić information content (AvgIpc) is 2.70. The molecule has 0 spiro atoms. The number of aromatic nitrogens is 1. The predicted molar refractivity (Wildman–Crippen MR) is 117 cm³/mol. The Hall–Kier alpha value is -1.86. The molecule has 0 aliphatic carbocycles. The molecule has 7 nitrogen and oxygen atoms in total. The van der Waals surface area contributed by atoms with Gasteiger partial charge in [-0.05, 0) is 40.2 Å². The Bertz CT molecular complexity index is 590. The lowest BCUT2D eigenvalue weighted by molar-refractivity contribution is 0.122. The maximum absolute atomic E-state index is 5.46. The number of hydrogen-bond donors (Lipinski definition) is 2. The molecular weight excluding hydrogens is 352 g/mol. The largest absolute Gasteiger partial charge is 0.378 e. The molecule has 0 amide bonds. The van der Waals surface area contributed by atoms with Crippen LogP contribution in [0.1, 0.15) is 39.7 Å². The lowest BCUT2D eigenvalue weighted by atomic mass is 10.2. The van der Waals surface area contributed by atoms with Gasteiger partial charge in [0.2, 0.25) is 0 Å². The fourth-order valence-corrected chi connectivity index (χ4v) is 3.61. The Labute approximate surface area is 170 Å². The summed E-state index contributed by atoms with van der Waals surface area (Å²) >= 11 is 0. The molecule has 2 rings (SSSR count). The minimum absolute atomic E-state index is 0.571. The summed E-state index contributed by atoms with van der Waals surface area (Å²) in [6.45, 7) is 15.0. The van der Waals surface area contributed by atoms with E-state index in [9.17, 15) is 0 Å². The summed E-state index contributed by atoms with van der Waals surface area (Å²) in [5.74, 6) is 1.87. The van der Waals surface area contributed by atoms with Gasteiger partial charge in [0.25, 0.3) is 0 Å². The molecule has 0 unspecified atom stereocenters. The molecule has 0 saturated carbocycles. The number of morpholine rings is 1. The third-order valence-electron chi connectivity index (χ3n) is 5.06. The van der Waals surface area contributed by atoms with Crippen LogP contribution < -0.4 is 15.5 Å². The highest BCUT2D eigenvalue weighted by molar-refractivity contribution is 5.79. The number of hydrogen-bond acceptors (Lipinski definition) is 5. The van der Waals surface area contributed by atoms with Gasteiger partial charge in [-0.3, -0.25) is 9.89 Å². The first-order chi connectivity index (χ1) is 13.5. The van der Waals surface area contributed by atoms with E-state index >= 15 is 0 Å². The van der Waals surface area contributed by atoms with Crippen LogP contribution in [0.15, 0.2) is 23.3 Å². The molecule has 2 heterocycles. The smallest absolute Gasteiger partial charge is 0.191 e. The third kappa shape index (κ3) is 6.95. The van der Waals surface area contributed by atoms with Crippen molar-refractivity contribution < 1.29 is 4.74 Å². The molecule has 0 atom stereocenters. The van der Waals surface area contributed by atoms with Crippen LogP contribution in [0.25, 0.3) is 0 Å². The number of pyridine rings is 1. The third-order valence-corrected chi connectivity index (χ3v) is 5.06. The monoisotopic (exact) mass is 390 g/mol. The molecule has 1 aromatic rings. The van der Waals surface area contributed by atoms with Crippen molar-refractivity contribution in [3.8, 4) is 0 Å². The lowest BCUT2D eigenvalue weighted by Gasteiger charge is -2.30. The van der Waals surface area contributed by atoms with Gasteiger partial charge in [0, 0.05) is 63.6 Å². The topological polar surface area (TPSA) is 65.0 Å². The first kappa shape index (κ1) is 22.4. The van der Waals surface area contributed by atoms with Crippen molar-refractivity contribution in [3.63, 3.8) is 0 Å². The Balaban J connectivity index is 1.81. The summed E-state index contributed by atoms with van der Waals surface area (Å²) in [6.07, 6.45) is 2.94. The second-order valence-corrected chi connectivity index (χ2v) is 7.72. The molecule has 0 bridgehead atoms. The minimum Gasteiger partial charge on any atom is -0.378 e. The van der Waals surface area contributed by atoms with E-state index in [4.69, 9.17) is 4.74 Å². The van der Waals surface area contributed by atoms with Crippen molar-refractivity contribution in [3.05, 3.63) is 23.9 Å². The number of rotatable bonds is 9. The van der Waals surface area contributed by atoms with Gasteiger partial charge in [-0.25, -0.2) is 4.98 Å². The van der Waals surface area contributed by atoms with Crippen molar-refractivity contribution in [1.29, 1.82) is 0 Å². The fourth-order valence-electron chi connectivity index (χ4n) is 3.61. The number of ether oxygens (including phenoxy) is 1. The lowest BCUT2D eigenvalue weighted by Crippen LogP contribution is -2.41. The Kier molecular flexibility index (Phi) is 9.50. The van der Waals surface area contributed by atoms with Crippen molar-refractivity contribution in [1.82, 2.24) is 20.5 Å². The van der Waals surface area contributed by atoms with Gasteiger partial charge >= 0.3 is 0 Å². The number of anilines is 1. The highest BCUT2D eigenvalue weighted by atomic mass is 16.5. The SMILES string of the molecule is CN=C(NCCCN(C(C)C)C(C)C)NCc1cccnc1N1CCOCC1. The maximum Gasteiger partial charge on any atom is 0.191 e. The standard InChI is InChI=1S/C21H38N6O/c1-17(2)27(18(3)4)11-7-10-24-21(22-5)25-16-19-8-6-9-23-20(19)26-12-14-28-15-13-26/h6,8-9,17-18H,7,10-16H2,1-5H3,(H2,22,24,25). The van der Waals surface area contributed by atoms with Gasteiger partial charge in [-0.2, -0.15) is 0 Å². The van der Waals surface area contributed by atoms with Crippen LogP contribution in [0.4, 0.5) is 5.82 Å². The van der Waals surface area contributed by atoms with Crippen molar-refractivity contribution in [2.45, 2.75) is 52.7 Å². The second-order valence-electron chi connectivity index (χ2n) is 7.72. The Morgan fingerprint density at radius 3 is 2.57 bits per heavy atom. The highest BCUT2D eigenvalue weighted by Gasteiger charge is 2.16. The first-order valence-corrected chi connectivity index (χ1v) is 10.5. The van der Waals surface area contributed by atoms with Gasteiger partial charge in [-0.1, -0.05) is 6.07 Å². The molecule has 1 aliphatic heterocycles. The first-order valence-electron chi connectivity index (χ1n) is 10.5. The quantitative estimate of drug-likeness (QED) is 0.382. The Morgan fingerprint density at radius 1 is 1.21 bits per heavy atom. The van der Waals surface area contributed by atoms with E-state index in [-0.39, 0.29) is 0 Å². The van der Waals surface area contributed by atoms with Crippen molar-refractivity contribution in [2.75, 3.05) is 51.3 Å². The number of nitrogens with one attached hydrogen (secondary N) is 2. The van der Waals surface area contributed by atoms with Crippen molar-refractivity contribution in [2.24, 2.45) is 4.99 Å². The van der Waals surface area contributed by atoms with Gasteiger partial charge in [0.15, 0.2) is 5.96 Å². The van der Waals surface area contributed by atoms with Gasteiger partial charge in [-0.15, -0.1) is 0 Å². The van der Waals surface area contributed by atoms with Crippen LogP contribution in [0.2, 0.25) is 0 Å². The Morgan fingerprint density at radius 2 is 1.93 bits per heavy atom. The normalized spacial score (nSPS) is 15.6. The summed E-state index contributed by atoms with van der Waals surface area (Å²) in [5.41, 5.74) is 1.18. The van der Waals surface area contributed by atoms with E-state index in [2.05, 4.69) is 64.2 Å². The molecule has 2 N–H and O–H groups in total. The van der Waals surface area contributed by atoms with E-state index in [1.54, 1.807) is 0 Å². The van der Waals surface area contributed by atoms with Gasteiger partial charge < -0.3 is 20.3 Å². The minimum atomic E-state index is 0.571. The number of guanidine groups is 1. The summed E-state index contributed by atoms with van der Waals surface area (Å²) in [4.78, 5) is 13.8. The molecule has 1 saturated heterocycles. The van der Waals surface area contributed by atoms with Crippen LogP contribution in [-0.4, -0.2) is 74.4 Å². The van der Waals surface area contributed by atoms with Crippen LogP contribution in [0.3, 0.4) is 0 Å². The van der Waals surface area contributed by atoms with Crippen LogP contribution in [0, 0.1) is 0 Å². The van der Waals surface area contributed by atoms with Crippen LogP contribution >= 0.6 is 0 Å². The van der Waals surface area contributed by atoms with E-state index in [0.29, 0.717) is 18.6 Å². The fraction of sp³-hybridized carbons (Fsp3) is 0.714. The van der Waals surface area contributed by atoms with E-state index < -0.39 is 0 Å². The molecule has 1 aliphatic rings. The van der Waals surface area contributed by atoms with E-state index in [1.165, 1.54) is 5.56 Å². The molecular formula is C21H38N6O. The second kappa shape index (κ2) is 11.9. The number of nitrogens with zero attached hydrogens (tertiary/aromatic N) is 4. The number of aliphatic imine (C=N–C) groups is 1. The molecule has 0 aromatic carbocycles. The molecule has 0 radical (unpaired) electrons. The zero-order valence-corrected chi connectivity index (χ0v) is 18.2. The highest BCUT2D eigenvalue weighted by Crippen LogP contribution is 2.18. The van der Waals surface area contributed by atoms with E-state index in [0.717, 1.165) is 57.6 Å². The molecule has 158 valence electrons. The van der Waals surface area contributed by atoms with Gasteiger partial charge in [0.1, 0.15) is 5.82 Å². The van der Waals surface area contributed by atoms with Gasteiger partial charge in [0.05, 0.1) is 13.2 Å². The van der Waals surface area contributed by atoms with Crippen LogP contribution in [0.5, 0.6) is 0 Å². The maximum atomic E-state index is 5.46. The molecule has 28 heavy (non-hydrogen) atoms. The summed E-state index contributed by atoms with van der Waals surface area (Å²) < 4.78 is 5.46. The zero-order valence-electron chi connectivity index (χ0n) is 18.2.